The van der Waals surface area contributed by atoms with Gasteiger partial charge in [0, 0.05) is 17.1 Å². The van der Waals surface area contributed by atoms with Crippen molar-refractivity contribution in [1.29, 1.82) is 0 Å². The molecule has 0 spiro atoms. The van der Waals surface area contributed by atoms with Crippen LogP contribution in [0.3, 0.4) is 0 Å². The molecule has 0 saturated heterocycles. The Kier molecular flexibility index (Phi) is 4.44. The van der Waals surface area contributed by atoms with Gasteiger partial charge in [-0.15, -0.1) is 0 Å². The lowest BCUT2D eigenvalue weighted by Crippen LogP contribution is -2.01. The van der Waals surface area contributed by atoms with Gasteiger partial charge in [-0.25, -0.2) is 0 Å². The smallest absolute Gasteiger partial charge is 0.288 e. The van der Waals surface area contributed by atoms with E-state index < -0.39 is 5.76 Å². The topological polar surface area (TPSA) is 12.0 Å². The molecule has 1 saturated carbocycles. The van der Waals surface area contributed by atoms with Crippen molar-refractivity contribution in [2.75, 3.05) is 5.32 Å². The molecule has 1 nitrogen and oxygen atoms in total. The molecular weight excluding hydrogens is 288 g/mol. The van der Waals surface area contributed by atoms with E-state index in [1.165, 1.54) is 24.0 Å². The minimum atomic E-state index is -2.40. The fourth-order valence-electron chi connectivity index (χ4n) is 2.38. The van der Waals surface area contributed by atoms with E-state index >= 15 is 0 Å². The molecule has 0 atom stereocenters. The second-order valence-electron chi connectivity index (χ2n) is 5.25. The van der Waals surface area contributed by atoms with Crippen LogP contribution >= 0.6 is 11.8 Å². The number of alkyl halides is 2. The number of thioether (sulfide) groups is 1. The first kappa shape index (κ1) is 14.4. The summed E-state index contributed by atoms with van der Waals surface area (Å²) in [6.45, 7) is 0.654. The lowest BCUT2D eigenvalue weighted by atomic mass is 10.1. The van der Waals surface area contributed by atoms with E-state index in [1.54, 1.807) is 12.1 Å². The molecule has 0 heterocycles. The van der Waals surface area contributed by atoms with Gasteiger partial charge in [0.25, 0.3) is 5.76 Å². The maximum absolute atomic E-state index is 12.5. The van der Waals surface area contributed by atoms with Crippen molar-refractivity contribution >= 4 is 17.4 Å². The fraction of sp³-hybridized carbons (Fsp3) is 0.294. The van der Waals surface area contributed by atoms with E-state index in [2.05, 4.69) is 29.6 Å². The average Bonchev–Trinajstić information content (AvgIpc) is 3.31. The third-order valence-electron chi connectivity index (χ3n) is 3.59. The first-order valence-electron chi connectivity index (χ1n) is 7.09. The summed E-state index contributed by atoms with van der Waals surface area (Å²) in [7, 11) is 0. The zero-order valence-corrected chi connectivity index (χ0v) is 12.4. The molecule has 2 aromatic rings. The second-order valence-corrected chi connectivity index (χ2v) is 6.28. The highest BCUT2D eigenvalue weighted by atomic mass is 32.2. The first-order valence-corrected chi connectivity index (χ1v) is 7.97. The quantitative estimate of drug-likeness (QED) is 0.708. The van der Waals surface area contributed by atoms with Gasteiger partial charge in [-0.3, -0.25) is 0 Å². The van der Waals surface area contributed by atoms with Crippen LogP contribution in [0.15, 0.2) is 53.4 Å². The van der Waals surface area contributed by atoms with Gasteiger partial charge in [-0.05, 0) is 42.0 Å². The number of hydrogen-bond donors (Lipinski definition) is 1. The number of hydrogen-bond acceptors (Lipinski definition) is 2. The van der Waals surface area contributed by atoms with Crippen molar-refractivity contribution in [3.8, 4) is 0 Å². The molecule has 21 heavy (non-hydrogen) atoms. The highest BCUT2D eigenvalue weighted by Crippen LogP contribution is 2.40. The maximum Gasteiger partial charge on any atom is 0.288 e. The van der Waals surface area contributed by atoms with Crippen molar-refractivity contribution in [3.05, 3.63) is 59.7 Å². The zero-order valence-electron chi connectivity index (χ0n) is 11.6. The van der Waals surface area contributed by atoms with Crippen LogP contribution in [-0.2, 0) is 6.54 Å². The highest BCUT2D eigenvalue weighted by molar-refractivity contribution is 7.99. The number of para-hydroxylation sites is 1. The van der Waals surface area contributed by atoms with Gasteiger partial charge in [0.15, 0.2) is 0 Å². The third kappa shape index (κ3) is 3.97. The number of benzene rings is 2. The number of halogens is 2. The Morgan fingerprint density at radius 1 is 1.10 bits per heavy atom. The third-order valence-corrected chi connectivity index (χ3v) is 4.37. The summed E-state index contributed by atoms with van der Waals surface area (Å²) in [5.74, 6) is -1.67. The largest absolute Gasteiger partial charge is 0.380 e. The monoisotopic (exact) mass is 305 g/mol. The van der Waals surface area contributed by atoms with Crippen molar-refractivity contribution in [2.45, 2.75) is 36.0 Å². The highest BCUT2D eigenvalue weighted by Gasteiger charge is 2.23. The van der Waals surface area contributed by atoms with Gasteiger partial charge >= 0.3 is 0 Å². The molecule has 110 valence electrons. The molecule has 2 aromatic carbocycles. The van der Waals surface area contributed by atoms with Crippen LogP contribution < -0.4 is 5.32 Å². The van der Waals surface area contributed by atoms with Gasteiger partial charge in [0.05, 0.1) is 0 Å². The molecule has 3 rings (SSSR count). The van der Waals surface area contributed by atoms with E-state index in [-0.39, 0.29) is 0 Å². The molecule has 0 bridgehead atoms. The Bertz CT molecular complexity index is 611. The minimum absolute atomic E-state index is 0.582. The molecule has 4 heteroatoms. The number of anilines is 1. The van der Waals surface area contributed by atoms with Crippen molar-refractivity contribution in [2.24, 2.45) is 0 Å². The van der Waals surface area contributed by atoms with Crippen LogP contribution in [0, 0.1) is 0 Å². The predicted molar refractivity (Wildman–Crippen MR) is 84.0 cm³/mol. The summed E-state index contributed by atoms with van der Waals surface area (Å²) in [4.78, 5) is 0.589. The summed E-state index contributed by atoms with van der Waals surface area (Å²) in [5, 5.41) is 3.27. The lowest BCUT2D eigenvalue weighted by Gasteiger charge is -2.12. The Hall–Kier alpha value is -1.55. The Labute approximate surface area is 127 Å². The average molecular weight is 305 g/mol. The molecule has 1 N–H and O–H groups in total. The summed E-state index contributed by atoms with van der Waals surface area (Å²) in [6.07, 6.45) is 2.56. The van der Waals surface area contributed by atoms with E-state index in [0.29, 0.717) is 23.2 Å². The summed E-state index contributed by atoms with van der Waals surface area (Å²) in [5.41, 5.74) is 3.35. The Morgan fingerprint density at radius 2 is 1.90 bits per heavy atom. The maximum atomic E-state index is 12.5. The molecule has 0 radical (unpaired) electrons. The summed E-state index contributed by atoms with van der Waals surface area (Å²) >= 11 is 0.582. The Morgan fingerprint density at radius 3 is 2.67 bits per heavy atom. The van der Waals surface area contributed by atoms with Crippen LogP contribution in [0.25, 0.3) is 0 Å². The van der Waals surface area contributed by atoms with E-state index in [1.807, 2.05) is 12.1 Å². The summed E-state index contributed by atoms with van der Waals surface area (Å²) in [6, 6.07) is 15.7. The fourth-order valence-corrected chi connectivity index (χ4v) is 3.00. The molecule has 1 aliphatic carbocycles. The summed E-state index contributed by atoms with van der Waals surface area (Å²) < 4.78 is 25.1. The van der Waals surface area contributed by atoms with Gasteiger partial charge in [0.2, 0.25) is 0 Å². The SMILES string of the molecule is FC(F)Sc1ccccc1NCc1cccc(C2CC2)c1. The van der Waals surface area contributed by atoms with Crippen molar-refractivity contribution in [3.63, 3.8) is 0 Å². The number of rotatable bonds is 6. The minimum Gasteiger partial charge on any atom is -0.380 e. The molecule has 0 aromatic heterocycles. The van der Waals surface area contributed by atoms with E-state index in [4.69, 9.17) is 0 Å². The van der Waals surface area contributed by atoms with E-state index in [0.717, 1.165) is 11.6 Å². The molecular formula is C17H17F2NS. The second kappa shape index (κ2) is 6.48. The van der Waals surface area contributed by atoms with Crippen molar-refractivity contribution in [1.82, 2.24) is 0 Å². The Balaban J connectivity index is 1.68. The molecule has 1 aliphatic rings. The lowest BCUT2D eigenvalue weighted by molar-refractivity contribution is 0.252. The standard InChI is InChI=1S/C17H17F2NS/c18-17(19)21-16-7-2-1-6-15(16)20-11-12-4-3-5-14(10-12)13-8-9-13/h1-7,10,13,17,20H,8-9,11H2. The molecule has 0 unspecified atom stereocenters. The van der Waals surface area contributed by atoms with Gasteiger partial charge in [-0.2, -0.15) is 8.78 Å². The van der Waals surface area contributed by atoms with Crippen LogP contribution in [0.2, 0.25) is 0 Å². The predicted octanol–water partition coefficient (Wildman–Crippen LogP) is 5.49. The van der Waals surface area contributed by atoms with Gasteiger partial charge < -0.3 is 5.32 Å². The van der Waals surface area contributed by atoms with Crippen LogP contribution in [0.4, 0.5) is 14.5 Å². The molecule has 0 aliphatic heterocycles. The normalized spacial score (nSPS) is 14.4. The van der Waals surface area contributed by atoms with Crippen LogP contribution in [0.5, 0.6) is 0 Å². The van der Waals surface area contributed by atoms with Gasteiger partial charge in [0.1, 0.15) is 0 Å². The van der Waals surface area contributed by atoms with Crippen LogP contribution in [-0.4, -0.2) is 5.76 Å². The molecule has 0 amide bonds. The first-order chi connectivity index (χ1) is 10.2. The van der Waals surface area contributed by atoms with Crippen LogP contribution in [0.1, 0.15) is 29.9 Å². The van der Waals surface area contributed by atoms with Crippen molar-refractivity contribution < 1.29 is 8.78 Å². The van der Waals surface area contributed by atoms with Gasteiger partial charge in [-0.1, -0.05) is 48.2 Å². The molecule has 1 fully saturated rings. The van der Waals surface area contributed by atoms with E-state index in [9.17, 15) is 8.78 Å². The zero-order chi connectivity index (χ0) is 14.7. The number of nitrogens with one attached hydrogen (secondary N) is 1.